The lowest BCUT2D eigenvalue weighted by Gasteiger charge is -2.12. The van der Waals surface area contributed by atoms with Crippen LogP contribution in [0.1, 0.15) is 71.6 Å². The summed E-state index contributed by atoms with van der Waals surface area (Å²) in [6.45, 7) is 4.68. The Bertz CT molecular complexity index is 208. The van der Waals surface area contributed by atoms with Crippen molar-refractivity contribution >= 4 is 5.91 Å². The van der Waals surface area contributed by atoms with Crippen molar-refractivity contribution in [3.8, 4) is 0 Å². The predicted molar refractivity (Wildman–Crippen MR) is 70.4 cm³/mol. The Hall–Kier alpha value is -0.930. The van der Waals surface area contributed by atoms with Gasteiger partial charge in [0.2, 0.25) is 5.91 Å². The van der Waals surface area contributed by atoms with Gasteiger partial charge in [0.1, 0.15) is 0 Å². The van der Waals surface area contributed by atoms with Gasteiger partial charge in [-0.15, -0.1) is 4.91 Å². The molecule has 0 aliphatic rings. The average Bonchev–Trinajstić information content (AvgIpc) is 2.34. The van der Waals surface area contributed by atoms with E-state index in [4.69, 9.17) is 0 Å². The first kappa shape index (κ1) is 16.1. The van der Waals surface area contributed by atoms with Gasteiger partial charge in [0.15, 0.2) is 0 Å². The van der Waals surface area contributed by atoms with Crippen molar-refractivity contribution in [2.24, 2.45) is 5.29 Å². The molecule has 0 bridgehead atoms. The number of amides is 1. The topological polar surface area (TPSA) is 49.7 Å². The summed E-state index contributed by atoms with van der Waals surface area (Å²) in [5, 5.41) is 3.87. The number of nitroso groups, excluding NO2 is 1. The zero-order valence-electron chi connectivity index (χ0n) is 11.3. The number of carbonyl (C=O) groups is 1. The van der Waals surface area contributed by atoms with Crippen LogP contribution in [0.5, 0.6) is 0 Å². The minimum absolute atomic E-state index is 0.121. The van der Waals surface area contributed by atoms with E-state index in [0.29, 0.717) is 13.0 Å². The standard InChI is InChI=1S/C13H26N2O2/c1-3-5-7-8-9-10-11-13(16)15(14-17)12-6-4-2/h3-12H2,1-2H3. The third kappa shape index (κ3) is 8.83. The Morgan fingerprint density at radius 2 is 1.53 bits per heavy atom. The van der Waals surface area contributed by atoms with Gasteiger partial charge in [-0.3, -0.25) is 4.79 Å². The van der Waals surface area contributed by atoms with E-state index in [9.17, 15) is 9.70 Å². The van der Waals surface area contributed by atoms with Crippen LogP contribution in [0.2, 0.25) is 0 Å². The molecule has 17 heavy (non-hydrogen) atoms. The summed E-state index contributed by atoms with van der Waals surface area (Å²) in [5.74, 6) is -0.121. The highest BCUT2D eigenvalue weighted by atomic mass is 16.3. The normalized spacial score (nSPS) is 10.2. The van der Waals surface area contributed by atoms with Gasteiger partial charge in [0.25, 0.3) is 0 Å². The van der Waals surface area contributed by atoms with Gasteiger partial charge in [0, 0.05) is 13.0 Å². The van der Waals surface area contributed by atoms with Crippen molar-refractivity contribution in [2.45, 2.75) is 71.6 Å². The second kappa shape index (κ2) is 11.6. The van der Waals surface area contributed by atoms with Crippen molar-refractivity contribution in [3.63, 3.8) is 0 Å². The quantitative estimate of drug-likeness (QED) is 0.312. The van der Waals surface area contributed by atoms with Crippen molar-refractivity contribution in [1.29, 1.82) is 0 Å². The van der Waals surface area contributed by atoms with Crippen LogP contribution in [-0.2, 0) is 4.79 Å². The zero-order valence-corrected chi connectivity index (χ0v) is 11.3. The van der Waals surface area contributed by atoms with Crippen molar-refractivity contribution in [1.82, 2.24) is 5.01 Å². The first-order chi connectivity index (χ1) is 8.26. The second-order valence-corrected chi connectivity index (χ2v) is 4.47. The van der Waals surface area contributed by atoms with Gasteiger partial charge in [0.05, 0.1) is 5.29 Å². The molecule has 100 valence electrons. The number of hydrogen-bond donors (Lipinski definition) is 0. The molecule has 0 aromatic carbocycles. The van der Waals surface area contributed by atoms with Gasteiger partial charge in [-0.2, -0.15) is 5.01 Å². The molecule has 4 heteroatoms. The summed E-state index contributed by atoms with van der Waals surface area (Å²) >= 11 is 0. The molecule has 0 unspecified atom stereocenters. The summed E-state index contributed by atoms with van der Waals surface area (Å²) < 4.78 is 0. The Morgan fingerprint density at radius 1 is 0.941 bits per heavy atom. The summed E-state index contributed by atoms with van der Waals surface area (Å²) in [7, 11) is 0. The number of rotatable bonds is 11. The van der Waals surface area contributed by atoms with E-state index in [1.54, 1.807) is 0 Å². The van der Waals surface area contributed by atoms with E-state index < -0.39 is 0 Å². The van der Waals surface area contributed by atoms with E-state index in [0.717, 1.165) is 30.7 Å². The van der Waals surface area contributed by atoms with E-state index in [1.165, 1.54) is 25.7 Å². The van der Waals surface area contributed by atoms with Crippen molar-refractivity contribution in [3.05, 3.63) is 4.91 Å². The van der Waals surface area contributed by atoms with E-state index >= 15 is 0 Å². The summed E-state index contributed by atoms with van der Waals surface area (Å²) in [6, 6.07) is 0. The maximum atomic E-state index is 11.6. The first-order valence-corrected chi connectivity index (χ1v) is 6.89. The molecule has 0 fully saturated rings. The molecule has 0 N–H and O–H groups in total. The molecule has 0 saturated heterocycles. The lowest BCUT2D eigenvalue weighted by Crippen LogP contribution is -2.25. The van der Waals surface area contributed by atoms with Gasteiger partial charge in [-0.25, -0.2) is 0 Å². The molecular weight excluding hydrogens is 216 g/mol. The minimum atomic E-state index is -0.121. The van der Waals surface area contributed by atoms with Crippen molar-refractivity contribution in [2.75, 3.05) is 6.54 Å². The van der Waals surface area contributed by atoms with Crippen LogP contribution in [0.3, 0.4) is 0 Å². The smallest absolute Gasteiger partial charge is 0.245 e. The third-order valence-corrected chi connectivity index (χ3v) is 2.85. The number of nitrogens with zero attached hydrogens (tertiary/aromatic N) is 2. The lowest BCUT2D eigenvalue weighted by molar-refractivity contribution is -0.131. The molecule has 1 amide bonds. The highest BCUT2D eigenvalue weighted by Gasteiger charge is 2.12. The average molecular weight is 242 g/mol. The molecule has 0 heterocycles. The van der Waals surface area contributed by atoms with E-state index in [2.05, 4.69) is 12.2 Å². The molecule has 0 aromatic heterocycles. The molecular formula is C13H26N2O2. The Labute approximate surface area is 105 Å². The maximum absolute atomic E-state index is 11.6. The molecule has 0 aliphatic carbocycles. The van der Waals surface area contributed by atoms with Crippen molar-refractivity contribution < 1.29 is 4.79 Å². The largest absolute Gasteiger partial charge is 0.273 e. The molecule has 4 nitrogen and oxygen atoms in total. The molecule has 0 rings (SSSR count). The molecule has 0 spiro atoms. The molecule has 0 radical (unpaired) electrons. The first-order valence-electron chi connectivity index (χ1n) is 6.89. The highest BCUT2D eigenvalue weighted by Crippen LogP contribution is 2.09. The maximum Gasteiger partial charge on any atom is 0.245 e. The summed E-state index contributed by atoms with van der Waals surface area (Å²) in [4.78, 5) is 22.1. The highest BCUT2D eigenvalue weighted by molar-refractivity contribution is 5.75. The van der Waals surface area contributed by atoms with Gasteiger partial charge >= 0.3 is 0 Å². The minimum Gasteiger partial charge on any atom is -0.273 e. The lowest BCUT2D eigenvalue weighted by atomic mass is 10.1. The third-order valence-electron chi connectivity index (χ3n) is 2.85. The van der Waals surface area contributed by atoms with E-state index in [1.807, 2.05) is 6.92 Å². The monoisotopic (exact) mass is 242 g/mol. The Morgan fingerprint density at radius 3 is 2.12 bits per heavy atom. The zero-order chi connectivity index (χ0) is 12.9. The van der Waals surface area contributed by atoms with Crippen LogP contribution in [0, 0.1) is 4.91 Å². The van der Waals surface area contributed by atoms with Crippen LogP contribution < -0.4 is 0 Å². The fraction of sp³-hybridized carbons (Fsp3) is 0.923. The Kier molecular flexibility index (Phi) is 10.9. The van der Waals surface area contributed by atoms with Gasteiger partial charge < -0.3 is 0 Å². The SMILES string of the molecule is CCCCCCCCC(=O)N(CCCC)N=O. The van der Waals surface area contributed by atoms with E-state index in [-0.39, 0.29) is 5.91 Å². The number of carbonyl (C=O) groups excluding carboxylic acids is 1. The molecule has 0 saturated carbocycles. The fourth-order valence-electron chi connectivity index (χ4n) is 1.70. The number of hydrogen-bond acceptors (Lipinski definition) is 3. The Balaban J connectivity index is 3.57. The van der Waals surface area contributed by atoms with Gasteiger partial charge in [-0.1, -0.05) is 52.4 Å². The molecule has 0 aromatic rings. The predicted octanol–water partition coefficient (Wildman–Crippen LogP) is 4.05. The second-order valence-electron chi connectivity index (χ2n) is 4.47. The fourth-order valence-corrected chi connectivity index (χ4v) is 1.70. The molecule has 0 atom stereocenters. The molecule has 0 aliphatic heterocycles. The van der Waals surface area contributed by atoms with Crippen LogP contribution in [0.15, 0.2) is 5.29 Å². The summed E-state index contributed by atoms with van der Waals surface area (Å²) in [5.41, 5.74) is 0. The van der Waals surface area contributed by atoms with Gasteiger partial charge in [-0.05, 0) is 12.8 Å². The van der Waals surface area contributed by atoms with Crippen LogP contribution in [0.4, 0.5) is 0 Å². The van der Waals surface area contributed by atoms with Crippen LogP contribution in [0.25, 0.3) is 0 Å². The van der Waals surface area contributed by atoms with Crippen LogP contribution >= 0.6 is 0 Å². The summed E-state index contributed by atoms with van der Waals surface area (Å²) in [6.07, 6.45) is 9.16. The van der Waals surface area contributed by atoms with Crippen LogP contribution in [-0.4, -0.2) is 17.5 Å². The number of unbranched alkanes of at least 4 members (excludes halogenated alkanes) is 6.